The number of thioether (sulfide) groups is 1. The molecule has 234 valence electrons. The van der Waals surface area contributed by atoms with Gasteiger partial charge in [-0.15, -0.1) is 16.9 Å². The van der Waals surface area contributed by atoms with Gasteiger partial charge >= 0.3 is 17.9 Å². The van der Waals surface area contributed by atoms with E-state index >= 15 is 0 Å². The number of fused-ring (bicyclic) bond motifs is 1. The highest BCUT2D eigenvalue weighted by molar-refractivity contribution is 8.03. The number of amides is 1. The summed E-state index contributed by atoms with van der Waals surface area (Å²) in [5.74, 6) is -0.542. The molecule has 0 unspecified atom stereocenters. The molecule has 0 saturated carbocycles. The van der Waals surface area contributed by atoms with Crippen LogP contribution < -0.4 is 9.47 Å². The van der Waals surface area contributed by atoms with Crippen LogP contribution in [-0.2, 0) is 53.1 Å². The second-order valence-corrected chi connectivity index (χ2v) is 10.8. The summed E-state index contributed by atoms with van der Waals surface area (Å²) < 4.78 is 27.5. The van der Waals surface area contributed by atoms with Crippen molar-refractivity contribution in [2.45, 2.75) is 38.0 Å². The topological polar surface area (TPSA) is 148 Å². The second kappa shape index (κ2) is 14.6. The first-order chi connectivity index (χ1) is 21.8. The minimum absolute atomic E-state index is 0.0240. The third kappa shape index (κ3) is 7.89. The summed E-state index contributed by atoms with van der Waals surface area (Å²) in [6, 6.07) is 14.3. The third-order valence-corrected chi connectivity index (χ3v) is 7.89. The quantitative estimate of drug-likeness (QED) is 0.111. The van der Waals surface area contributed by atoms with E-state index in [1.54, 1.807) is 80.4 Å². The molecule has 45 heavy (non-hydrogen) atoms. The molecule has 1 saturated heterocycles. The van der Waals surface area contributed by atoms with Crippen LogP contribution in [0.2, 0.25) is 0 Å². The van der Waals surface area contributed by atoms with Crippen molar-refractivity contribution in [2.24, 2.45) is 0 Å². The zero-order valence-corrected chi connectivity index (χ0v) is 25.4. The lowest BCUT2D eigenvalue weighted by molar-refractivity contribution is -0.151. The average molecular weight is 635 g/mol. The summed E-state index contributed by atoms with van der Waals surface area (Å²) in [7, 11) is 3.14. The molecule has 2 aromatic carbocycles. The van der Waals surface area contributed by atoms with E-state index in [-0.39, 0.29) is 56.2 Å². The van der Waals surface area contributed by atoms with Crippen LogP contribution in [0.4, 0.5) is 0 Å². The predicted octanol–water partition coefficient (Wildman–Crippen LogP) is 3.25. The number of esters is 3. The summed E-state index contributed by atoms with van der Waals surface area (Å²) in [5, 5.41) is 9.33. The van der Waals surface area contributed by atoms with Crippen LogP contribution in [0.1, 0.15) is 29.7 Å². The maximum Gasteiger partial charge on any atom is 0.355 e. The number of nitrogens with zero attached hydrogens (tertiary/aromatic N) is 4. The van der Waals surface area contributed by atoms with Crippen molar-refractivity contribution in [2.75, 3.05) is 20.8 Å². The van der Waals surface area contributed by atoms with E-state index in [1.807, 2.05) is 0 Å². The number of β-lactam (4-membered cyclic amide) rings is 1. The number of aromatic nitrogens is 3. The Morgan fingerprint density at radius 2 is 1.47 bits per heavy atom. The summed E-state index contributed by atoms with van der Waals surface area (Å²) >= 11 is 1.33. The highest BCUT2D eigenvalue weighted by Crippen LogP contribution is 2.45. The van der Waals surface area contributed by atoms with Crippen molar-refractivity contribution in [1.29, 1.82) is 0 Å². The normalized spacial score (nSPS) is 16.0. The Morgan fingerprint density at radius 1 is 0.867 bits per heavy atom. The first kappa shape index (κ1) is 31.3. The summed E-state index contributed by atoms with van der Waals surface area (Å²) in [6.45, 7) is 0.419. The van der Waals surface area contributed by atoms with Crippen molar-refractivity contribution < 1.29 is 42.9 Å². The Morgan fingerprint density at radius 3 is 2.09 bits per heavy atom. The molecule has 5 rings (SSSR count). The van der Waals surface area contributed by atoms with Gasteiger partial charge in [0.2, 0.25) is 0 Å². The number of methoxy groups -OCH3 is 2. The van der Waals surface area contributed by atoms with Crippen LogP contribution in [0.5, 0.6) is 11.5 Å². The lowest BCUT2D eigenvalue weighted by Gasteiger charge is -2.37. The Hall–Kier alpha value is -5.11. The molecule has 2 aliphatic rings. The van der Waals surface area contributed by atoms with E-state index in [0.717, 1.165) is 11.1 Å². The molecule has 14 heteroatoms. The maximum absolute atomic E-state index is 12.8. The van der Waals surface area contributed by atoms with Crippen molar-refractivity contribution in [3.63, 3.8) is 0 Å². The third-order valence-electron chi connectivity index (χ3n) is 6.81. The summed E-state index contributed by atoms with van der Waals surface area (Å²) in [4.78, 5) is 50.9. The van der Waals surface area contributed by atoms with Crippen LogP contribution in [-0.4, -0.2) is 69.9 Å². The zero-order valence-electron chi connectivity index (χ0n) is 24.5. The van der Waals surface area contributed by atoms with Gasteiger partial charge in [0.25, 0.3) is 5.91 Å². The van der Waals surface area contributed by atoms with Gasteiger partial charge in [-0.05, 0) is 41.5 Å². The van der Waals surface area contributed by atoms with Crippen LogP contribution in [0.15, 0.2) is 71.4 Å². The van der Waals surface area contributed by atoms with Gasteiger partial charge in [-0.1, -0.05) is 29.5 Å². The van der Waals surface area contributed by atoms with E-state index in [1.165, 1.54) is 21.3 Å². The zero-order chi connectivity index (χ0) is 31.8. The molecule has 1 atom stereocenters. The number of rotatable bonds is 14. The smallest absolute Gasteiger partial charge is 0.355 e. The molecule has 0 N–H and O–H groups in total. The van der Waals surface area contributed by atoms with E-state index < -0.39 is 17.9 Å². The Bertz CT molecular complexity index is 1620. The Kier molecular flexibility index (Phi) is 10.1. The fraction of sp³-hybridized carbons (Fsp3) is 0.290. The van der Waals surface area contributed by atoms with Gasteiger partial charge in [-0.3, -0.25) is 19.3 Å². The van der Waals surface area contributed by atoms with Crippen molar-refractivity contribution in [1.82, 2.24) is 19.9 Å². The first-order valence-corrected chi connectivity index (χ1v) is 14.8. The van der Waals surface area contributed by atoms with Gasteiger partial charge in [-0.25, -0.2) is 9.48 Å². The van der Waals surface area contributed by atoms with Crippen molar-refractivity contribution in [3.05, 3.63) is 88.2 Å². The van der Waals surface area contributed by atoms with Gasteiger partial charge in [0, 0.05) is 5.41 Å². The van der Waals surface area contributed by atoms with Gasteiger partial charge < -0.3 is 23.7 Å². The largest absolute Gasteiger partial charge is 0.497 e. The SMILES string of the molecule is COc1ccc(COC(=O)CCC(=O)OCCn2cc(/C=C3/C(=O)N4C(C(=O)OCc5ccc(OC)cc5)=CS[C@H]34)nn2)cc1. The van der Waals surface area contributed by atoms with Crippen LogP contribution in [0.3, 0.4) is 0 Å². The number of carbonyl (C=O) groups excluding carboxylic acids is 4. The molecule has 1 aromatic heterocycles. The standard InChI is InChI=1S/C31H30N4O9S/c1-40-23-7-3-20(4-8-23)17-43-28(37)12-11-27(36)42-14-13-34-16-22(32-33-34)15-25-29(38)35-26(19-45-30(25)35)31(39)44-18-21-5-9-24(41-2)10-6-21/h3-10,15-16,19,30H,11-14,17-18H2,1-2H3/b25-15-/t30-/m1/s1. The molecule has 0 spiro atoms. The van der Waals surface area contributed by atoms with E-state index in [4.69, 9.17) is 23.7 Å². The van der Waals surface area contributed by atoms with Crippen molar-refractivity contribution in [3.8, 4) is 11.5 Å². The van der Waals surface area contributed by atoms with Gasteiger partial charge in [-0.2, -0.15) is 0 Å². The second-order valence-electron chi connectivity index (χ2n) is 9.83. The molecule has 2 aliphatic heterocycles. The molecule has 0 radical (unpaired) electrons. The van der Waals surface area contributed by atoms with Crippen LogP contribution in [0, 0.1) is 0 Å². The van der Waals surface area contributed by atoms with Gasteiger partial charge in [0.05, 0.1) is 45.4 Å². The molecule has 1 amide bonds. The molecular weight excluding hydrogens is 604 g/mol. The lowest BCUT2D eigenvalue weighted by Crippen LogP contribution is -2.51. The molecule has 3 heterocycles. The highest BCUT2D eigenvalue weighted by atomic mass is 32.2. The molecule has 3 aromatic rings. The Labute approximate surface area is 262 Å². The molecule has 0 bridgehead atoms. The molecule has 0 aliphatic carbocycles. The van der Waals surface area contributed by atoms with E-state index in [9.17, 15) is 19.2 Å². The maximum atomic E-state index is 12.8. The van der Waals surface area contributed by atoms with E-state index in [0.29, 0.717) is 22.8 Å². The number of ether oxygens (including phenoxy) is 5. The minimum atomic E-state index is -0.584. The average Bonchev–Trinajstić information content (AvgIpc) is 3.69. The van der Waals surface area contributed by atoms with Gasteiger partial charge in [0.1, 0.15) is 48.1 Å². The van der Waals surface area contributed by atoms with Crippen molar-refractivity contribution >= 4 is 41.7 Å². The highest BCUT2D eigenvalue weighted by Gasteiger charge is 2.50. The lowest BCUT2D eigenvalue weighted by atomic mass is 10.0. The molecule has 13 nitrogen and oxygen atoms in total. The van der Waals surface area contributed by atoms with Crippen LogP contribution in [0.25, 0.3) is 6.08 Å². The number of carbonyl (C=O) groups is 4. The molecular formula is C31H30N4O9S. The summed E-state index contributed by atoms with van der Waals surface area (Å²) in [5.41, 5.74) is 2.71. The monoisotopic (exact) mass is 634 g/mol. The van der Waals surface area contributed by atoms with E-state index in [2.05, 4.69) is 10.3 Å². The minimum Gasteiger partial charge on any atom is -0.497 e. The van der Waals surface area contributed by atoms with Gasteiger partial charge in [0.15, 0.2) is 0 Å². The fourth-order valence-electron chi connectivity index (χ4n) is 4.34. The Balaban J connectivity index is 1.01. The number of benzene rings is 2. The predicted molar refractivity (Wildman–Crippen MR) is 160 cm³/mol. The molecule has 1 fully saturated rings. The fourth-order valence-corrected chi connectivity index (χ4v) is 5.45. The number of hydrogen-bond acceptors (Lipinski definition) is 12. The first-order valence-electron chi connectivity index (χ1n) is 13.9. The number of hydrogen-bond donors (Lipinski definition) is 0. The van der Waals surface area contributed by atoms with Crippen LogP contribution >= 0.6 is 11.8 Å². The summed E-state index contributed by atoms with van der Waals surface area (Å²) in [6.07, 6.45) is 3.02.